The largest absolute Gasteiger partial charge is 0.416 e. The molecular formula is C10H9ClF3NO. The number of nitrogens with one attached hydrogen (secondary N) is 1. The van der Waals surface area contributed by atoms with Crippen molar-refractivity contribution in [3.8, 4) is 0 Å². The van der Waals surface area contributed by atoms with Gasteiger partial charge in [0.2, 0.25) is 0 Å². The normalized spacial score (nSPS) is 11.3. The predicted octanol–water partition coefficient (Wildman–Crippen LogP) is 3.36. The van der Waals surface area contributed by atoms with Gasteiger partial charge >= 0.3 is 6.18 Å². The second-order valence-corrected chi connectivity index (χ2v) is 3.66. The van der Waals surface area contributed by atoms with E-state index < -0.39 is 11.7 Å². The number of carbonyl (C=O) groups excluding carboxylic acids is 1. The van der Waals surface area contributed by atoms with Crippen LogP contribution in [0.4, 0.5) is 18.9 Å². The SMILES string of the molecule is CC(=O)CNc1cc(C(F)(F)F)ccc1Cl. The molecule has 0 spiro atoms. The van der Waals surface area contributed by atoms with Gasteiger partial charge in [0.05, 0.1) is 22.8 Å². The number of Topliss-reactive ketones (excluding diaryl/α,β-unsaturated/α-hetero) is 1. The van der Waals surface area contributed by atoms with Crippen molar-refractivity contribution in [2.24, 2.45) is 0 Å². The van der Waals surface area contributed by atoms with Gasteiger partial charge in [-0.1, -0.05) is 11.6 Å². The summed E-state index contributed by atoms with van der Waals surface area (Å²) in [5.74, 6) is -0.187. The van der Waals surface area contributed by atoms with Crippen molar-refractivity contribution in [3.05, 3.63) is 28.8 Å². The fourth-order valence-corrected chi connectivity index (χ4v) is 1.24. The maximum absolute atomic E-state index is 12.4. The third-order valence-corrected chi connectivity index (χ3v) is 2.15. The Labute approximate surface area is 95.4 Å². The first-order valence-electron chi connectivity index (χ1n) is 4.41. The summed E-state index contributed by atoms with van der Waals surface area (Å²) in [5.41, 5.74) is -0.699. The molecule has 0 aliphatic carbocycles. The molecule has 0 saturated heterocycles. The highest BCUT2D eigenvalue weighted by Crippen LogP contribution is 2.33. The van der Waals surface area contributed by atoms with Gasteiger partial charge in [0.25, 0.3) is 0 Å². The number of rotatable bonds is 3. The van der Waals surface area contributed by atoms with Crippen LogP contribution in [0.15, 0.2) is 18.2 Å². The summed E-state index contributed by atoms with van der Waals surface area (Å²) in [7, 11) is 0. The molecule has 1 aromatic carbocycles. The molecule has 1 N–H and O–H groups in total. The maximum atomic E-state index is 12.4. The van der Waals surface area contributed by atoms with E-state index in [2.05, 4.69) is 5.32 Å². The van der Waals surface area contributed by atoms with Gasteiger partial charge in [-0.2, -0.15) is 13.2 Å². The molecule has 0 aromatic heterocycles. The minimum absolute atomic E-state index is 0.0545. The van der Waals surface area contributed by atoms with E-state index in [-0.39, 0.29) is 23.0 Å². The number of halogens is 4. The zero-order chi connectivity index (χ0) is 12.3. The van der Waals surface area contributed by atoms with Crippen molar-refractivity contribution >= 4 is 23.1 Å². The first kappa shape index (κ1) is 12.8. The van der Waals surface area contributed by atoms with Gasteiger partial charge in [-0.25, -0.2) is 0 Å². The number of ketones is 1. The van der Waals surface area contributed by atoms with Gasteiger partial charge in [-0.05, 0) is 25.1 Å². The molecule has 1 aromatic rings. The number of hydrogen-bond acceptors (Lipinski definition) is 2. The van der Waals surface area contributed by atoms with Gasteiger partial charge < -0.3 is 5.32 Å². The van der Waals surface area contributed by atoms with Crippen LogP contribution in [0.25, 0.3) is 0 Å². The standard InChI is InChI=1S/C10H9ClF3NO/c1-6(16)5-15-9-4-7(10(12,13)14)2-3-8(9)11/h2-4,15H,5H2,1H3. The monoisotopic (exact) mass is 251 g/mol. The van der Waals surface area contributed by atoms with E-state index >= 15 is 0 Å². The predicted molar refractivity (Wildman–Crippen MR) is 55.6 cm³/mol. The molecule has 0 aliphatic heterocycles. The van der Waals surface area contributed by atoms with E-state index in [0.29, 0.717) is 0 Å². The molecule has 2 nitrogen and oxygen atoms in total. The lowest BCUT2D eigenvalue weighted by molar-refractivity contribution is -0.137. The maximum Gasteiger partial charge on any atom is 0.416 e. The van der Waals surface area contributed by atoms with Crippen molar-refractivity contribution in [2.75, 3.05) is 11.9 Å². The second kappa shape index (κ2) is 4.74. The number of benzene rings is 1. The molecule has 0 radical (unpaired) electrons. The summed E-state index contributed by atoms with van der Waals surface area (Å²) in [6.07, 6.45) is -4.42. The summed E-state index contributed by atoms with van der Waals surface area (Å²) >= 11 is 5.69. The van der Waals surface area contributed by atoms with Crippen molar-refractivity contribution in [1.82, 2.24) is 0 Å². The Balaban J connectivity index is 2.95. The van der Waals surface area contributed by atoms with Crippen LogP contribution in [-0.4, -0.2) is 12.3 Å². The fraction of sp³-hybridized carbons (Fsp3) is 0.300. The van der Waals surface area contributed by atoms with Crippen LogP contribution in [0, 0.1) is 0 Å². The lowest BCUT2D eigenvalue weighted by Crippen LogP contribution is -2.11. The molecule has 0 aliphatic rings. The molecule has 0 fully saturated rings. The number of carbonyl (C=O) groups is 1. The highest BCUT2D eigenvalue weighted by molar-refractivity contribution is 6.33. The highest BCUT2D eigenvalue weighted by atomic mass is 35.5. The summed E-state index contributed by atoms with van der Waals surface area (Å²) in [4.78, 5) is 10.7. The van der Waals surface area contributed by atoms with E-state index in [1.165, 1.54) is 6.92 Å². The molecule has 0 saturated carbocycles. The molecule has 1 rings (SSSR count). The summed E-state index contributed by atoms with van der Waals surface area (Å²) in [5, 5.41) is 2.69. The van der Waals surface area contributed by atoms with Crippen molar-refractivity contribution in [2.45, 2.75) is 13.1 Å². The Morgan fingerprint density at radius 1 is 1.44 bits per heavy atom. The van der Waals surface area contributed by atoms with E-state index in [9.17, 15) is 18.0 Å². The number of anilines is 1. The zero-order valence-corrected chi connectivity index (χ0v) is 9.12. The summed E-state index contributed by atoms with van der Waals surface area (Å²) in [6, 6.07) is 2.92. The van der Waals surface area contributed by atoms with Gasteiger partial charge in [0.15, 0.2) is 0 Å². The van der Waals surface area contributed by atoms with E-state index in [4.69, 9.17) is 11.6 Å². The first-order valence-corrected chi connectivity index (χ1v) is 4.78. The average Bonchev–Trinajstić information content (AvgIpc) is 2.14. The lowest BCUT2D eigenvalue weighted by atomic mass is 10.2. The minimum Gasteiger partial charge on any atom is -0.377 e. The van der Waals surface area contributed by atoms with E-state index in [1.807, 2.05) is 0 Å². The molecule has 0 bridgehead atoms. The van der Waals surface area contributed by atoms with Crippen LogP contribution in [-0.2, 0) is 11.0 Å². The average molecular weight is 252 g/mol. The molecule has 6 heteroatoms. The smallest absolute Gasteiger partial charge is 0.377 e. The van der Waals surface area contributed by atoms with Crippen LogP contribution in [0.2, 0.25) is 5.02 Å². The molecule has 0 atom stereocenters. The van der Waals surface area contributed by atoms with Crippen LogP contribution >= 0.6 is 11.6 Å². The fourth-order valence-electron chi connectivity index (χ4n) is 1.06. The molecule has 16 heavy (non-hydrogen) atoms. The van der Waals surface area contributed by atoms with Crippen LogP contribution < -0.4 is 5.32 Å². The molecule has 0 unspecified atom stereocenters. The van der Waals surface area contributed by atoms with Crippen LogP contribution in [0.5, 0.6) is 0 Å². The zero-order valence-electron chi connectivity index (χ0n) is 8.36. The number of alkyl halides is 3. The van der Waals surface area contributed by atoms with Gasteiger partial charge in [0.1, 0.15) is 5.78 Å². The van der Waals surface area contributed by atoms with Crippen molar-refractivity contribution in [3.63, 3.8) is 0 Å². The van der Waals surface area contributed by atoms with Crippen molar-refractivity contribution in [1.29, 1.82) is 0 Å². The Morgan fingerprint density at radius 2 is 2.06 bits per heavy atom. The Kier molecular flexibility index (Phi) is 3.80. The minimum atomic E-state index is -4.42. The van der Waals surface area contributed by atoms with Gasteiger partial charge in [0, 0.05) is 0 Å². The van der Waals surface area contributed by atoms with Crippen molar-refractivity contribution < 1.29 is 18.0 Å². The van der Waals surface area contributed by atoms with Crippen LogP contribution in [0.1, 0.15) is 12.5 Å². The third kappa shape index (κ3) is 3.41. The van der Waals surface area contributed by atoms with Gasteiger partial charge in [-0.15, -0.1) is 0 Å². The summed E-state index contributed by atoms with van der Waals surface area (Å²) < 4.78 is 37.1. The molecule has 0 heterocycles. The Morgan fingerprint density at radius 3 is 2.56 bits per heavy atom. The second-order valence-electron chi connectivity index (χ2n) is 3.25. The number of hydrogen-bond donors (Lipinski definition) is 1. The van der Waals surface area contributed by atoms with E-state index in [1.54, 1.807) is 0 Å². The quantitative estimate of drug-likeness (QED) is 0.893. The van der Waals surface area contributed by atoms with Gasteiger partial charge in [-0.3, -0.25) is 4.79 Å². The van der Waals surface area contributed by atoms with Crippen LogP contribution in [0.3, 0.4) is 0 Å². The topological polar surface area (TPSA) is 29.1 Å². The first-order chi connectivity index (χ1) is 7.30. The summed E-state index contributed by atoms with van der Waals surface area (Å²) in [6.45, 7) is 1.27. The third-order valence-electron chi connectivity index (χ3n) is 1.82. The highest BCUT2D eigenvalue weighted by Gasteiger charge is 2.30. The molecular weight excluding hydrogens is 243 g/mol. The Bertz CT molecular complexity index is 404. The molecule has 0 amide bonds. The lowest BCUT2D eigenvalue weighted by Gasteiger charge is -2.11. The van der Waals surface area contributed by atoms with E-state index in [0.717, 1.165) is 18.2 Å². The Hall–Kier alpha value is -1.23. The molecule has 88 valence electrons.